The predicted molar refractivity (Wildman–Crippen MR) is 103 cm³/mol. The number of nitrogens with one attached hydrogen (secondary N) is 2. The van der Waals surface area contributed by atoms with E-state index >= 15 is 0 Å². The molecule has 0 radical (unpaired) electrons. The predicted octanol–water partition coefficient (Wildman–Crippen LogP) is 3.18. The third kappa shape index (κ3) is 4.05. The van der Waals surface area contributed by atoms with Crippen molar-refractivity contribution >= 4 is 17.5 Å². The molecule has 0 fully saturated rings. The fourth-order valence-electron chi connectivity index (χ4n) is 3.44. The maximum atomic E-state index is 14.1. The number of rotatable bonds is 4. The molecule has 2 aromatic carbocycles. The van der Waals surface area contributed by atoms with Gasteiger partial charge in [-0.3, -0.25) is 9.59 Å². The summed E-state index contributed by atoms with van der Waals surface area (Å²) in [6, 6.07) is 10.3. The van der Waals surface area contributed by atoms with Gasteiger partial charge in [-0.05, 0) is 29.5 Å². The van der Waals surface area contributed by atoms with Gasteiger partial charge in [0.05, 0.1) is 12.1 Å². The van der Waals surface area contributed by atoms with Crippen molar-refractivity contribution in [1.82, 2.24) is 15.5 Å². The molecule has 0 unspecified atom stereocenters. The van der Waals surface area contributed by atoms with E-state index in [4.69, 9.17) is 4.42 Å². The number of hydrogen-bond acceptors (Lipinski definition) is 5. The van der Waals surface area contributed by atoms with Crippen LogP contribution in [0.15, 0.2) is 46.9 Å². The van der Waals surface area contributed by atoms with Crippen LogP contribution in [0.5, 0.6) is 0 Å². The van der Waals surface area contributed by atoms with Gasteiger partial charge >= 0.3 is 11.8 Å². The first kappa shape index (κ1) is 19.7. The lowest BCUT2D eigenvalue weighted by Crippen LogP contribution is -2.43. The number of nitrogens with zero attached hydrogens (tertiary/aromatic N) is 2. The number of amides is 2. The maximum absolute atomic E-state index is 14.1. The van der Waals surface area contributed by atoms with Crippen molar-refractivity contribution in [2.24, 2.45) is 0 Å². The Bertz CT molecular complexity index is 1100. The van der Waals surface area contributed by atoms with Gasteiger partial charge in [-0.1, -0.05) is 37.3 Å². The topological polar surface area (TPSA) is 97.1 Å². The molecule has 0 aliphatic carbocycles. The molecule has 2 atom stereocenters. The molecule has 154 valence electrons. The lowest BCUT2D eigenvalue weighted by molar-refractivity contribution is -0.118. The summed E-state index contributed by atoms with van der Waals surface area (Å²) in [6.07, 6.45) is 0.515. The zero-order valence-corrected chi connectivity index (χ0v) is 16.0. The summed E-state index contributed by atoms with van der Waals surface area (Å²) >= 11 is 0. The minimum absolute atomic E-state index is 0.0754. The Morgan fingerprint density at radius 2 is 2.00 bits per heavy atom. The molecule has 0 saturated heterocycles. The van der Waals surface area contributed by atoms with Crippen LogP contribution in [0.2, 0.25) is 0 Å². The highest BCUT2D eigenvalue weighted by Gasteiger charge is 2.32. The molecule has 2 amide bonds. The lowest BCUT2D eigenvalue weighted by Gasteiger charge is -2.16. The van der Waals surface area contributed by atoms with Gasteiger partial charge < -0.3 is 15.1 Å². The number of fused-ring (bicyclic) bond motifs is 1. The number of hydrogen-bond donors (Lipinski definition) is 2. The highest BCUT2D eigenvalue weighted by Crippen LogP contribution is 2.34. The average Bonchev–Trinajstić information content (AvgIpc) is 3.14. The Morgan fingerprint density at radius 1 is 1.23 bits per heavy atom. The quantitative estimate of drug-likeness (QED) is 0.686. The van der Waals surface area contributed by atoms with Crippen LogP contribution < -0.4 is 10.6 Å². The van der Waals surface area contributed by atoms with Gasteiger partial charge in [0.25, 0.3) is 0 Å². The van der Waals surface area contributed by atoms with E-state index in [0.29, 0.717) is 18.1 Å². The van der Waals surface area contributed by atoms with Crippen LogP contribution >= 0.6 is 0 Å². The van der Waals surface area contributed by atoms with Crippen molar-refractivity contribution in [3.63, 3.8) is 0 Å². The van der Waals surface area contributed by atoms with E-state index in [2.05, 4.69) is 20.8 Å². The van der Waals surface area contributed by atoms with Crippen molar-refractivity contribution in [3.8, 4) is 0 Å². The number of aromatic nitrogens is 2. The van der Waals surface area contributed by atoms with Crippen LogP contribution in [0, 0.1) is 11.6 Å². The van der Waals surface area contributed by atoms with E-state index in [0.717, 1.165) is 5.56 Å². The van der Waals surface area contributed by atoms with Gasteiger partial charge in [-0.25, -0.2) is 8.78 Å². The van der Waals surface area contributed by atoms with E-state index in [1.54, 1.807) is 6.92 Å². The Labute approximate surface area is 170 Å². The van der Waals surface area contributed by atoms with Gasteiger partial charge in [0.2, 0.25) is 11.8 Å². The van der Waals surface area contributed by atoms with Crippen LogP contribution in [0.25, 0.3) is 0 Å². The zero-order chi connectivity index (χ0) is 21.3. The molecule has 4 rings (SSSR count). The number of carbonyl (C=O) groups is 2. The van der Waals surface area contributed by atoms with Gasteiger partial charge in [-0.2, -0.15) is 0 Å². The molecule has 0 saturated carbocycles. The van der Waals surface area contributed by atoms with Crippen molar-refractivity contribution < 1.29 is 22.8 Å². The van der Waals surface area contributed by atoms with Crippen molar-refractivity contribution in [1.29, 1.82) is 0 Å². The summed E-state index contributed by atoms with van der Waals surface area (Å²) in [5.41, 5.74) is 1.20. The summed E-state index contributed by atoms with van der Waals surface area (Å²) in [5, 5.41) is 12.6. The average molecular weight is 412 g/mol. The molecule has 1 aromatic heterocycles. The second-order valence-electron chi connectivity index (χ2n) is 7.17. The van der Waals surface area contributed by atoms with E-state index < -0.39 is 29.5 Å². The third-order valence-electron chi connectivity index (χ3n) is 4.93. The number of benzene rings is 2. The molecule has 3 aromatic rings. The molecule has 2 heterocycles. The van der Waals surface area contributed by atoms with Crippen molar-refractivity contribution in [3.05, 3.63) is 77.0 Å². The Kier molecular flexibility index (Phi) is 5.26. The highest BCUT2D eigenvalue weighted by atomic mass is 19.1. The van der Waals surface area contributed by atoms with E-state index in [-0.39, 0.29) is 29.8 Å². The summed E-state index contributed by atoms with van der Waals surface area (Å²) in [4.78, 5) is 25.0. The van der Waals surface area contributed by atoms with Crippen LogP contribution in [-0.2, 0) is 11.2 Å². The molecule has 9 heteroatoms. The molecular weight excluding hydrogens is 394 g/mol. The van der Waals surface area contributed by atoms with Crippen molar-refractivity contribution in [2.45, 2.75) is 31.7 Å². The van der Waals surface area contributed by atoms with Crippen LogP contribution in [0.3, 0.4) is 0 Å². The molecular formula is C21H18F2N4O3. The van der Waals surface area contributed by atoms with E-state index in [1.165, 1.54) is 6.07 Å². The first-order valence-corrected chi connectivity index (χ1v) is 9.37. The smallest absolute Gasteiger partial charge is 0.309 e. The Hall–Kier alpha value is -3.62. The second-order valence-corrected chi connectivity index (χ2v) is 7.17. The number of halogens is 2. The second kappa shape index (κ2) is 8.02. The fourth-order valence-corrected chi connectivity index (χ4v) is 3.44. The first-order valence-electron chi connectivity index (χ1n) is 9.37. The van der Waals surface area contributed by atoms with Gasteiger partial charge in [0.15, 0.2) is 0 Å². The van der Waals surface area contributed by atoms with Crippen molar-refractivity contribution in [2.75, 3.05) is 5.32 Å². The highest BCUT2D eigenvalue weighted by molar-refractivity contribution is 6.00. The van der Waals surface area contributed by atoms with Crippen LogP contribution in [-0.4, -0.2) is 28.1 Å². The SMILES string of the molecule is C[C@H]1C[C@@H](NC(=O)c2nnc(Cc3ccccc3)o2)C(=O)Nc2c(F)cc(F)cc21. The third-order valence-corrected chi connectivity index (χ3v) is 4.93. The molecule has 7 nitrogen and oxygen atoms in total. The van der Waals surface area contributed by atoms with Crippen LogP contribution in [0.1, 0.15) is 47.0 Å². The molecule has 0 spiro atoms. The van der Waals surface area contributed by atoms with Gasteiger partial charge in [-0.15, -0.1) is 10.2 Å². The fraction of sp³-hybridized carbons (Fsp3) is 0.238. The summed E-state index contributed by atoms with van der Waals surface area (Å²) in [7, 11) is 0. The van der Waals surface area contributed by atoms with Gasteiger partial charge in [0, 0.05) is 6.07 Å². The minimum Gasteiger partial charge on any atom is -0.417 e. The molecule has 0 bridgehead atoms. The summed E-state index contributed by atoms with van der Waals surface area (Å²) in [5.74, 6) is -3.32. The molecule has 1 aliphatic rings. The number of anilines is 1. The largest absolute Gasteiger partial charge is 0.417 e. The number of carbonyl (C=O) groups excluding carboxylic acids is 2. The van der Waals surface area contributed by atoms with E-state index in [1.807, 2.05) is 30.3 Å². The summed E-state index contributed by atoms with van der Waals surface area (Å²) in [6.45, 7) is 1.72. The molecule has 30 heavy (non-hydrogen) atoms. The zero-order valence-electron chi connectivity index (χ0n) is 16.0. The van der Waals surface area contributed by atoms with Crippen LogP contribution in [0.4, 0.5) is 14.5 Å². The summed E-state index contributed by atoms with van der Waals surface area (Å²) < 4.78 is 33.1. The molecule has 2 N–H and O–H groups in total. The standard InChI is InChI=1S/C21H18F2N4O3/c1-11-7-16(19(28)25-18-14(11)9-13(22)10-15(18)23)24-20(29)21-27-26-17(30-21)8-12-5-3-2-4-6-12/h2-6,9-11,16H,7-8H2,1H3,(H,24,29)(H,25,28)/t11-,16+/m0/s1. The van der Waals surface area contributed by atoms with E-state index in [9.17, 15) is 18.4 Å². The monoisotopic (exact) mass is 412 g/mol. The Balaban J connectivity index is 1.47. The van der Waals surface area contributed by atoms with Gasteiger partial charge in [0.1, 0.15) is 17.7 Å². The lowest BCUT2D eigenvalue weighted by atomic mass is 9.94. The normalized spacial score (nSPS) is 18.3. The maximum Gasteiger partial charge on any atom is 0.309 e. The first-order chi connectivity index (χ1) is 14.4. The Morgan fingerprint density at radius 3 is 2.77 bits per heavy atom. The molecule has 1 aliphatic heterocycles. The minimum atomic E-state index is -0.980.